The summed E-state index contributed by atoms with van der Waals surface area (Å²) in [6, 6.07) is 0. The van der Waals surface area contributed by atoms with Gasteiger partial charge in [0.25, 0.3) is 0 Å². The number of hydrogen-bond acceptors (Lipinski definition) is 4. The van der Waals surface area contributed by atoms with Crippen LogP contribution in [0.3, 0.4) is 0 Å². The van der Waals surface area contributed by atoms with Gasteiger partial charge in [-0.15, -0.1) is 0 Å². The molecule has 15 heavy (non-hydrogen) atoms. The maximum absolute atomic E-state index is 11.3. The Morgan fingerprint density at radius 1 is 1.20 bits per heavy atom. The van der Waals surface area contributed by atoms with Crippen LogP contribution in [0.5, 0.6) is 0 Å². The Morgan fingerprint density at radius 2 is 1.80 bits per heavy atom. The van der Waals surface area contributed by atoms with E-state index in [2.05, 4.69) is 4.74 Å². The van der Waals surface area contributed by atoms with Gasteiger partial charge >= 0.3 is 5.97 Å². The highest BCUT2D eigenvalue weighted by Gasteiger charge is 2.17. The molecule has 0 aliphatic carbocycles. The van der Waals surface area contributed by atoms with E-state index >= 15 is 0 Å². The number of rotatable bonds is 3. The number of likely N-dealkylation sites (tertiary alicyclic amines) is 1. The normalized spacial score (nSPS) is 17.5. The van der Waals surface area contributed by atoms with Crippen molar-refractivity contribution in [1.29, 1.82) is 0 Å². The van der Waals surface area contributed by atoms with E-state index in [0.29, 0.717) is 0 Å². The molecule has 0 aromatic rings. The monoisotopic (exact) mass is 211 g/mol. The van der Waals surface area contributed by atoms with Gasteiger partial charge in [-0.3, -0.25) is 4.79 Å². The zero-order valence-corrected chi connectivity index (χ0v) is 9.28. The number of ether oxygens (including phenoxy) is 1. The lowest BCUT2D eigenvalue weighted by molar-refractivity contribution is -0.137. The van der Waals surface area contributed by atoms with E-state index in [1.807, 2.05) is 4.90 Å². The standard InChI is InChI=1S/C11H17NO3/c1-9(13)10(11(14)15-2)8-12-6-4-3-5-7-12/h8H,3-7H2,1-2H3/b10-8+. The quantitative estimate of drug-likeness (QED) is 0.304. The smallest absolute Gasteiger partial charge is 0.342 e. The van der Waals surface area contributed by atoms with E-state index in [1.54, 1.807) is 6.20 Å². The number of ketones is 1. The summed E-state index contributed by atoms with van der Waals surface area (Å²) >= 11 is 0. The summed E-state index contributed by atoms with van der Waals surface area (Å²) in [6.07, 6.45) is 5.08. The molecule has 0 aromatic carbocycles. The lowest BCUT2D eigenvalue weighted by Gasteiger charge is -2.25. The van der Waals surface area contributed by atoms with Crippen molar-refractivity contribution in [1.82, 2.24) is 4.90 Å². The van der Waals surface area contributed by atoms with Crippen molar-refractivity contribution < 1.29 is 14.3 Å². The van der Waals surface area contributed by atoms with Crippen molar-refractivity contribution in [3.05, 3.63) is 11.8 Å². The van der Waals surface area contributed by atoms with Crippen molar-refractivity contribution >= 4 is 11.8 Å². The second-order valence-electron chi connectivity index (χ2n) is 3.69. The molecule has 84 valence electrons. The summed E-state index contributed by atoms with van der Waals surface area (Å²) in [5.41, 5.74) is 0.138. The molecule has 1 aliphatic rings. The Balaban J connectivity index is 2.73. The fourth-order valence-corrected chi connectivity index (χ4v) is 1.63. The molecule has 0 spiro atoms. The maximum Gasteiger partial charge on any atom is 0.342 e. The molecule has 4 heteroatoms. The first kappa shape index (κ1) is 11.8. The van der Waals surface area contributed by atoms with Crippen molar-refractivity contribution in [3.63, 3.8) is 0 Å². The van der Waals surface area contributed by atoms with Gasteiger partial charge in [-0.2, -0.15) is 0 Å². The zero-order valence-electron chi connectivity index (χ0n) is 9.28. The van der Waals surface area contributed by atoms with E-state index < -0.39 is 5.97 Å². The Kier molecular flexibility index (Phi) is 4.34. The summed E-state index contributed by atoms with van der Waals surface area (Å²) < 4.78 is 4.56. The van der Waals surface area contributed by atoms with Crippen LogP contribution in [0.4, 0.5) is 0 Å². The summed E-state index contributed by atoms with van der Waals surface area (Å²) in [6.45, 7) is 3.20. The first-order valence-electron chi connectivity index (χ1n) is 5.20. The second kappa shape index (κ2) is 5.53. The van der Waals surface area contributed by atoms with Crippen LogP contribution in [0.25, 0.3) is 0 Å². The Morgan fingerprint density at radius 3 is 2.27 bits per heavy atom. The average Bonchev–Trinajstić information content (AvgIpc) is 2.26. The molecule has 0 atom stereocenters. The van der Waals surface area contributed by atoms with E-state index in [4.69, 9.17) is 0 Å². The molecule has 1 saturated heterocycles. The summed E-state index contributed by atoms with van der Waals surface area (Å²) in [4.78, 5) is 24.5. The van der Waals surface area contributed by atoms with Crippen LogP contribution in [-0.2, 0) is 14.3 Å². The van der Waals surface area contributed by atoms with Gasteiger partial charge in [0.1, 0.15) is 5.57 Å². The minimum absolute atomic E-state index is 0.138. The van der Waals surface area contributed by atoms with Crippen LogP contribution in [0.15, 0.2) is 11.8 Å². The van der Waals surface area contributed by atoms with Crippen molar-refractivity contribution in [2.45, 2.75) is 26.2 Å². The van der Waals surface area contributed by atoms with Crippen molar-refractivity contribution in [2.24, 2.45) is 0 Å². The molecule has 0 bridgehead atoms. The molecule has 1 aliphatic heterocycles. The van der Waals surface area contributed by atoms with Gasteiger partial charge < -0.3 is 9.64 Å². The van der Waals surface area contributed by atoms with Gasteiger partial charge in [0.2, 0.25) is 0 Å². The van der Waals surface area contributed by atoms with Gasteiger partial charge in [0.05, 0.1) is 7.11 Å². The van der Waals surface area contributed by atoms with E-state index in [1.165, 1.54) is 20.5 Å². The second-order valence-corrected chi connectivity index (χ2v) is 3.69. The van der Waals surface area contributed by atoms with Crippen LogP contribution in [-0.4, -0.2) is 36.9 Å². The fourth-order valence-electron chi connectivity index (χ4n) is 1.63. The first-order valence-corrected chi connectivity index (χ1v) is 5.20. The zero-order chi connectivity index (χ0) is 11.3. The van der Waals surface area contributed by atoms with E-state index in [9.17, 15) is 9.59 Å². The number of hydrogen-bond donors (Lipinski definition) is 0. The number of nitrogens with zero attached hydrogens (tertiary/aromatic N) is 1. The van der Waals surface area contributed by atoms with Crippen molar-refractivity contribution in [2.75, 3.05) is 20.2 Å². The number of carbonyl (C=O) groups excluding carboxylic acids is 2. The third-order valence-electron chi connectivity index (χ3n) is 2.49. The molecule has 0 aromatic heterocycles. The highest BCUT2D eigenvalue weighted by atomic mass is 16.5. The van der Waals surface area contributed by atoms with Crippen molar-refractivity contribution in [3.8, 4) is 0 Å². The van der Waals surface area contributed by atoms with Crippen LogP contribution in [0.1, 0.15) is 26.2 Å². The molecule has 1 rings (SSSR count). The van der Waals surface area contributed by atoms with E-state index in [0.717, 1.165) is 25.9 Å². The molecule has 4 nitrogen and oxygen atoms in total. The Labute approximate surface area is 89.9 Å². The van der Waals surface area contributed by atoms with Crippen LogP contribution < -0.4 is 0 Å². The fraction of sp³-hybridized carbons (Fsp3) is 0.636. The molecular formula is C11H17NO3. The van der Waals surface area contributed by atoms with Gasteiger partial charge in [-0.1, -0.05) is 0 Å². The molecule has 0 N–H and O–H groups in total. The molecular weight excluding hydrogens is 194 g/mol. The van der Waals surface area contributed by atoms with E-state index in [-0.39, 0.29) is 11.4 Å². The van der Waals surface area contributed by atoms with Crippen LogP contribution in [0.2, 0.25) is 0 Å². The lowest BCUT2D eigenvalue weighted by Crippen LogP contribution is -2.27. The third-order valence-corrected chi connectivity index (χ3v) is 2.49. The molecule has 0 saturated carbocycles. The highest BCUT2D eigenvalue weighted by Crippen LogP contribution is 2.11. The average molecular weight is 211 g/mol. The first-order chi connectivity index (χ1) is 7.15. The van der Waals surface area contributed by atoms with Crippen LogP contribution in [0, 0.1) is 0 Å². The Bertz CT molecular complexity index is 278. The van der Waals surface area contributed by atoms with Crippen LogP contribution >= 0.6 is 0 Å². The highest BCUT2D eigenvalue weighted by molar-refractivity contribution is 6.16. The molecule has 1 heterocycles. The number of carbonyl (C=O) groups is 2. The summed E-state index contributed by atoms with van der Waals surface area (Å²) in [7, 11) is 1.29. The van der Waals surface area contributed by atoms with Gasteiger partial charge in [0, 0.05) is 19.3 Å². The number of piperidine rings is 1. The molecule has 1 fully saturated rings. The largest absolute Gasteiger partial charge is 0.465 e. The minimum Gasteiger partial charge on any atom is -0.465 e. The number of Topliss-reactive ketones (excluding diaryl/α,β-unsaturated/α-hetero) is 1. The maximum atomic E-state index is 11.3. The van der Waals surface area contributed by atoms with Gasteiger partial charge in [-0.25, -0.2) is 4.79 Å². The topological polar surface area (TPSA) is 46.6 Å². The Hall–Kier alpha value is -1.32. The third kappa shape index (κ3) is 3.38. The van der Waals surface area contributed by atoms with Gasteiger partial charge in [0.15, 0.2) is 5.78 Å². The molecule has 0 radical (unpaired) electrons. The molecule has 0 unspecified atom stereocenters. The number of methoxy groups -OCH3 is 1. The summed E-state index contributed by atoms with van der Waals surface area (Å²) in [5.74, 6) is -0.791. The van der Waals surface area contributed by atoms with Gasteiger partial charge in [-0.05, 0) is 26.2 Å². The summed E-state index contributed by atoms with van der Waals surface area (Å²) in [5, 5.41) is 0. The predicted octanol–water partition coefficient (Wildman–Crippen LogP) is 1.12. The lowest BCUT2D eigenvalue weighted by atomic mass is 10.1. The predicted molar refractivity (Wildman–Crippen MR) is 56.2 cm³/mol. The molecule has 0 amide bonds. The minimum atomic E-state index is -0.548. The SMILES string of the molecule is COC(=O)/C(=C/N1CCCCC1)C(C)=O. The number of esters is 1.